The zero-order valence-corrected chi connectivity index (χ0v) is 13.2. The molecule has 3 N–H and O–H groups in total. The molecule has 1 rings (SSSR count). The number of rotatable bonds is 7. The van der Waals surface area contributed by atoms with E-state index in [9.17, 15) is 9.59 Å². The molecule has 6 nitrogen and oxygen atoms in total. The maximum absolute atomic E-state index is 12.0. The Labute approximate surface area is 127 Å². The lowest BCUT2D eigenvalue weighted by Crippen LogP contribution is -2.47. The molecular weight excluding hydrogens is 280 g/mol. The SMILES string of the molecule is CC(C)CN(CCC(=O)N1CCNCC1)CC(N)=O.Cl. The Hall–Kier alpha value is -0.850. The molecule has 0 aromatic heterocycles. The van der Waals surface area contributed by atoms with E-state index < -0.39 is 0 Å². The maximum Gasteiger partial charge on any atom is 0.231 e. The smallest absolute Gasteiger partial charge is 0.231 e. The molecule has 1 aliphatic rings. The van der Waals surface area contributed by atoms with Crippen molar-refractivity contribution >= 4 is 24.2 Å². The van der Waals surface area contributed by atoms with E-state index in [0.29, 0.717) is 18.9 Å². The fraction of sp³-hybridized carbons (Fsp3) is 0.846. The summed E-state index contributed by atoms with van der Waals surface area (Å²) in [6.45, 7) is 9.08. The van der Waals surface area contributed by atoms with E-state index in [1.807, 2.05) is 9.80 Å². The number of hydrogen-bond acceptors (Lipinski definition) is 4. The standard InChI is InChI=1S/C13H26N4O2.ClH/c1-11(2)9-16(10-12(14)18)6-3-13(19)17-7-4-15-5-8-17;/h11,15H,3-10H2,1-2H3,(H2,14,18);1H. The highest BCUT2D eigenvalue weighted by atomic mass is 35.5. The van der Waals surface area contributed by atoms with Crippen molar-refractivity contribution in [3.8, 4) is 0 Å². The normalized spacial score (nSPS) is 15.3. The molecule has 0 atom stereocenters. The number of hydrogen-bond donors (Lipinski definition) is 2. The molecule has 2 amide bonds. The quantitative estimate of drug-likeness (QED) is 0.675. The predicted octanol–water partition coefficient (Wildman–Crippen LogP) is -0.327. The van der Waals surface area contributed by atoms with Crippen molar-refractivity contribution in [1.82, 2.24) is 15.1 Å². The van der Waals surface area contributed by atoms with Crippen LogP contribution in [0.3, 0.4) is 0 Å². The van der Waals surface area contributed by atoms with Crippen LogP contribution in [0.4, 0.5) is 0 Å². The average Bonchev–Trinajstić information content (AvgIpc) is 2.35. The van der Waals surface area contributed by atoms with Crippen molar-refractivity contribution in [2.24, 2.45) is 11.7 Å². The summed E-state index contributed by atoms with van der Waals surface area (Å²) in [5.74, 6) is 0.281. The largest absolute Gasteiger partial charge is 0.369 e. The lowest BCUT2D eigenvalue weighted by molar-refractivity contribution is -0.132. The lowest BCUT2D eigenvalue weighted by atomic mass is 10.2. The summed E-state index contributed by atoms with van der Waals surface area (Å²) < 4.78 is 0. The first-order valence-corrected chi connectivity index (χ1v) is 6.98. The molecule has 0 bridgehead atoms. The molecule has 0 unspecified atom stereocenters. The topological polar surface area (TPSA) is 78.7 Å². The molecular formula is C13H27ClN4O2. The Morgan fingerprint density at radius 3 is 2.40 bits per heavy atom. The minimum Gasteiger partial charge on any atom is -0.369 e. The summed E-state index contributed by atoms with van der Waals surface area (Å²) in [4.78, 5) is 26.9. The van der Waals surface area contributed by atoms with Crippen molar-refractivity contribution in [1.29, 1.82) is 0 Å². The van der Waals surface area contributed by atoms with Gasteiger partial charge in [0.15, 0.2) is 0 Å². The number of carbonyl (C=O) groups is 2. The van der Waals surface area contributed by atoms with Crippen LogP contribution in [0.1, 0.15) is 20.3 Å². The van der Waals surface area contributed by atoms with Gasteiger partial charge in [0, 0.05) is 45.7 Å². The average molecular weight is 307 g/mol. The van der Waals surface area contributed by atoms with Gasteiger partial charge in [-0.25, -0.2) is 0 Å². The van der Waals surface area contributed by atoms with Gasteiger partial charge in [0.2, 0.25) is 11.8 Å². The Kier molecular flexibility index (Phi) is 9.54. The van der Waals surface area contributed by atoms with E-state index in [1.165, 1.54) is 0 Å². The molecule has 1 saturated heterocycles. The summed E-state index contributed by atoms with van der Waals surface area (Å²) in [7, 11) is 0. The minimum absolute atomic E-state index is 0. The van der Waals surface area contributed by atoms with E-state index in [4.69, 9.17) is 5.73 Å². The number of nitrogens with zero attached hydrogens (tertiary/aromatic N) is 2. The number of nitrogens with two attached hydrogens (primary N) is 1. The first kappa shape index (κ1) is 19.1. The summed E-state index contributed by atoms with van der Waals surface area (Å²) in [6.07, 6.45) is 0.458. The highest BCUT2D eigenvalue weighted by molar-refractivity contribution is 5.85. The fourth-order valence-electron chi connectivity index (χ4n) is 2.30. The van der Waals surface area contributed by atoms with Gasteiger partial charge in [-0.1, -0.05) is 13.8 Å². The Bertz CT molecular complexity index is 307. The van der Waals surface area contributed by atoms with Crippen LogP contribution in [0.2, 0.25) is 0 Å². The molecule has 0 radical (unpaired) electrons. The first-order valence-electron chi connectivity index (χ1n) is 6.98. The first-order chi connectivity index (χ1) is 8.99. The number of carbonyl (C=O) groups excluding carboxylic acids is 2. The fourth-order valence-corrected chi connectivity index (χ4v) is 2.30. The van der Waals surface area contributed by atoms with Crippen LogP contribution >= 0.6 is 12.4 Å². The van der Waals surface area contributed by atoms with Gasteiger partial charge in [-0.3, -0.25) is 14.5 Å². The van der Waals surface area contributed by atoms with E-state index in [0.717, 1.165) is 32.7 Å². The van der Waals surface area contributed by atoms with E-state index >= 15 is 0 Å². The van der Waals surface area contributed by atoms with Crippen molar-refractivity contribution in [3.63, 3.8) is 0 Å². The minimum atomic E-state index is -0.338. The zero-order chi connectivity index (χ0) is 14.3. The van der Waals surface area contributed by atoms with Gasteiger partial charge in [-0.05, 0) is 5.92 Å². The molecule has 118 valence electrons. The third kappa shape index (κ3) is 7.67. The van der Waals surface area contributed by atoms with Crippen LogP contribution in [0, 0.1) is 5.92 Å². The van der Waals surface area contributed by atoms with Gasteiger partial charge >= 0.3 is 0 Å². The van der Waals surface area contributed by atoms with E-state index in [2.05, 4.69) is 19.2 Å². The van der Waals surface area contributed by atoms with Crippen molar-refractivity contribution < 1.29 is 9.59 Å². The third-order valence-corrected chi connectivity index (χ3v) is 3.11. The highest BCUT2D eigenvalue weighted by Gasteiger charge is 2.18. The highest BCUT2D eigenvalue weighted by Crippen LogP contribution is 2.03. The zero-order valence-electron chi connectivity index (χ0n) is 12.4. The summed E-state index contributed by atoms with van der Waals surface area (Å²) in [5.41, 5.74) is 5.23. The van der Waals surface area contributed by atoms with Crippen LogP contribution in [0.15, 0.2) is 0 Å². The number of halogens is 1. The number of primary amides is 1. The second-order valence-electron chi connectivity index (χ2n) is 5.48. The van der Waals surface area contributed by atoms with Crippen molar-refractivity contribution in [3.05, 3.63) is 0 Å². The van der Waals surface area contributed by atoms with Crippen LogP contribution in [-0.2, 0) is 9.59 Å². The number of nitrogens with one attached hydrogen (secondary N) is 1. The van der Waals surface area contributed by atoms with Gasteiger partial charge in [-0.15, -0.1) is 12.4 Å². The van der Waals surface area contributed by atoms with Crippen LogP contribution in [-0.4, -0.2) is 67.4 Å². The Balaban J connectivity index is 0.00000361. The van der Waals surface area contributed by atoms with E-state index in [-0.39, 0.29) is 30.8 Å². The van der Waals surface area contributed by atoms with Gasteiger partial charge in [-0.2, -0.15) is 0 Å². The molecule has 20 heavy (non-hydrogen) atoms. The summed E-state index contributed by atoms with van der Waals surface area (Å²) in [6, 6.07) is 0. The van der Waals surface area contributed by atoms with E-state index in [1.54, 1.807) is 0 Å². The predicted molar refractivity (Wildman–Crippen MR) is 81.8 cm³/mol. The second kappa shape index (κ2) is 9.96. The Morgan fingerprint density at radius 2 is 1.90 bits per heavy atom. The van der Waals surface area contributed by atoms with Gasteiger partial charge in [0.1, 0.15) is 0 Å². The van der Waals surface area contributed by atoms with Gasteiger partial charge < -0.3 is 16.0 Å². The molecule has 0 aromatic carbocycles. The molecule has 0 aromatic rings. The van der Waals surface area contributed by atoms with Gasteiger partial charge in [0.25, 0.3) is 0 Å². The Morgan fingerprint density at radius 1 is 1.30 bits per heavy atom. The third-order valence-electron chi connectivity index (χ3n) is 3.11. The molecule has 0 aliphatic carbocycles. The van der Waals surface area contributed by atoms with Crippen LogP contribution in [0.5, 0.6) is 0 Å². The number of amides is 2. The van der Waals surface area contributed by atoms with Crippen LogP contribution in [0.25, 0.3) is 0 Å². The molecule has 0 saturated carbocycles. The summed E-state index contributed by atoms with van der Waals surface area (Å²) >= 11 is 0. The molecule has 1 fully saturated rings. The lowest BCUT2D eigenvalue weighted by Gasteiger charge is -2.29. The monoisotopic (exact) mass is 306 g/mol. The van der Waals surface area contributed by atoms with Crippen molar-refractivity contribution in [2.75, 3.05) is 45.8 Å². The summed E-state index contributed by atoms with van der Waals surface area (Å²) in [5, 5.41) is 3.22. The molecule has 0 spiro atoms. The molecule has 1 heterocycles. The van der Waals surface area contributed by atoms with Crippen molar-refractivity contribution in [2.45, 2.75) is 20.3 Å². The molecule has 7 heteroatoms. The second-order valence-corrected chi connectivity index (χ2v) is 5.48. The maximum atomic E-state index is 12.0. The van der Waals surface area contributed by atoms with Gasteiger partial charge in [0.05, 0.1) is 6.54 Å². The number of piperazine rings is 1. The van der Waals surface area contributed by atoms with Crippen LogP contribution < -0.4 is 11.1 Å². The molecule has 1 aliphatic heterocycles.